The molecule has 0 aromatic heterocycles. The van der Waals surface area contributed by atoms with Crippen molar-refractivity contribution in [2.45, 2.75) is 25.7 Å². The van der Waals surface area contributed by atoms with E-state index in [0.29, 0.717) is 25.7 Å². The number of carbonyl (C=O) groups is 2. The van der Waals surface area contributed by atoms with Crippen molar-refractivity contribution in [3.05, 3.63) is 121 Å². The Morgan fingerprint density at radius 2 is 0.667 bits per heavy atom. The van der Waals surface area contributed by atoms with Gasteiger partial charge in [0.25, 0.3) is 0 Å². The number of unbranched alkanes of at least 4 members (excludes halogenated alkanes) is 1. The van der Waals surface area contributed by atoms with Crippen LogP contribution in [0.5, 0.6) is 0 Å². The van der Waals surface area contributed by atoms with Crippen molar-refractivity contribution in [2.75, 3.05) is 0 Å². The quantitative estimate of drug-likeness (QED) is 0.174. The molecule has 0 fully saturated rings. The van der Waals surface area contributed by atoms with Gasteiger partial charge in [-0.3, -0.25) is 9.59 Å². The Kier molecular flexibility index (Phi) is 8.99. The third kappa shape index (κ3) is 5.58. The van der Waals surface area contributed by atoms with Crippen molar-refractivity contribution >= 4 is 68.0 Å². The lowest BCUT2D eigenvalue weighted by Gasteiger charge is -2.23. The van der Waals surface area contributed by atoms with Crippen LogP contribution in [-0.2, 0) is 33.2 Å². The second kappa shape index (κ2) is 12.2. The van der Waals surface area contributed by atoms with Crippen molar-refractivity contribution in [1.29, 1.82) is 0 Å². The molecule has 0 saturated carbocycles. The van der Waals surface area contributed by atoms with Gasteiger partial charge >= 0.3 is 0 Å². The minimum Gasteiger partial charge on any atom is -0.293 e. The highest BCUT2D eigenvalue weighted by atomic mass is 32.4. The standard InChI is InChI=1S/C30H28O2P2S2/c31-29(33(35,25-15-5-1-6-16-25)26-17-7-2-8-18-26)23-13-14-24-30(32)34(36,27-19-9-3-10-20-27)28-21-11-4-12-22-28/h1-12,15-22H,13-14,23-24H2. The number of carbonyl (C=O) groups excluding carboxylic acids is 2. The summed E-state index contributed by atoms with van der Waals surface area (Å²) >= 11 is 12.3. The molecule has 4 rings (SSSR count). The molecule has 6 heteroatoms. The largest absolute Gasteiger partial charge is 0.293 e. The van der Waals surface area contributed by atoms with Gasteiger partial charge < -0.3 is 0 Å². The first-order chi connectivity index (χ1) is 17.5. The van der Waals surface area contributed by atoms with Gasteiger partial charge in [-0.05, 0) is 34.1 Å². The highest BCUT2D eigenvalue weighted by molar-refractivity contribution is 8.30. The summed E-state index contributed by atoms with van der Waals surface area (Å²) in [6.07, 6.45) is 1.94. The zero-order chi connectivity index (χ0) is 25.4. The third-order valence-corrected chi connectivity index (χ3v) is 15.9. The average Bonchev–Trinajstić information content (AvgIpc) is 2.96. The molecule has 0 aliphatic carbocycles. The Bertz CT molecular complexity index is 1210. The SMILES string of the molecule is O=C(CCCCC(=O)P(=S)(c1ccccc1)c1ccccc1)P(=S)(c1ccccc1)c1ccccc1. The molecular weight excluding hydrogens is 518 g/mol. The molecule has 0 heterocycles. The molecule has 36 heavy (non-hydrogen) atoms. The number of rotatable bonds is 11. The summed E-state index contributed by atoms with van der Waals surface area (Å²) in [4.78, 5) is 27.2. The molecule has 4 aromatic carbocycles. The van der Waals surface area contributed by atoms with Crippen LogP contribution in [0.15, 0.2) is 121 Å². The fourth-order valence-electron chi connectivity index (χ4n) is 4.29. The second-order valence-corrected chi connectivity index (χ2v) is 17.3. The van der Waals surface area contributed by atoms with Gasteiger partial charge in [0.05, 0.1) is 12.1 Å². The van der Waals surface area contributed by atoms with Crippen LogP contribution in [0.4, 0.5) is 0 Å². The molecule has 0 bridgehead atoms. The second-order valence-electron chi connectivity index (χ2n) is 8.56. The van der Waals surface area contributed by atoms with Gasteiger partial charge in [0, 0.05) is 12.8 Å². The fraction of sp³-hybridized carbons (Fsp3) is 0.133. The van der Waals surface area contributed by atoms with Crippen LogP contribution in [0.25, 0.3) is 0 Å². The van der Waals surface area contributed by atoms with E-state index in [0.717, 1.165) is 21.2 Å². The van der Waals surface area contributed by atoms with Gasteiger partial charge in [-0.1, -0.05) is 145 Å². The summed E-state index contributed by atoms with van der Waals surface area (Å²) in [5, 5.41) is 3.65. The zero-order valence-electron chi connectivity index (χ0n) is 19.9. The average molecular weight is 547 g/mol. The van der Waals surface area contributed by atoms with Crippen LogP contribution >= 0.6 is 12.1 Å². The molecule has 0 aliphatic heterocycles. The first kappa shape index (κ1) is 26.6. The number of benzene rings is 4. The number of hydrogen-bond donors (Lipinski definition) is 0. The topological polar surface area (TPSA) is 34.1 Å². The van der Waals surface area contributed by atoms with Crippen LogP contribution < -0.4 is 21.2 Å². The molecule has 0 aliphatic rings. The smallest absolute Gasteiger partial charge is 0.172 e. The molecule has 0 radical (unpaired) electrons. The van der Waals surface area contributed by atoms with Crippen molar-refractivity contribution < 1.29 is 9.59 Å². The Morgan fingerprint density at radius 3 is 0.889 bits per heavy atom. The Balaban J connectivity index is 1.49. The van der Waals surface area contributed by atoms with Crippen molar-refractivity contribution in [3.63, 3.8) is 0 Å². The molecule has 0 N–H and O–H groups in total. The van der Waals surface area contributed by atoms with Crippen LogP contribution in [0.3, 0.4) is 0 Å². The molecule has 0 unspecified atom stereocenters. The molecule has 0 saturated heterocycles. The fourth-order valence-corrected chi connectivity index (χ4v) is 11.4. The third-order valence-electron chi connectivity index (χ3n) is 6.21. The van der Waals surface area contributed by atoms with Gasteiger partial charge in [-0.25, -0.2) is 0 Å². The molecule has 4 aromatic rings. The van der Waals surface area contributed by atoms with E-state index >= 15 is 0 Å². The number of hydrogen-bond acceptors (Lipinski definition) is 4. The Labute approximate surface area is 223 Å². The van der Waals surface area contributed by atoms with Gasteiger partial charge in [0.1, 0.15) is 0 Å². The lowest BCUT2D eigenvalue weighted by Crippen LogP contribution is -2.23. The normalized spacial score (nSPS) is 11.7. The maximum atomic E-state index is 13.6. The van der Waals surface area contributed by atoms with Crippen LogP contribution in [0, 0.1) is 0 Å². The molecular formula is C30H28O2P2S2. The van der Waals surface area contributed by atoms with E-state index in [4.69, 9.17) is 23.6 Å². The van der Waals surface area contributed by atoms with Gasteiger partial charge in [-0.2, -0.15) is 0 Å². The first-order valence-electron chi connectivity index (χ1n) is 12.0. The summed E-state index contributed by atoms with van der Waals surface area (Å²) in [6.45, 7) is 0. The van der Waals surface area contributed by atoms with Crippen molar-refractivity contribution in [2.24, 2.45) is 0 Å². The Morgan fingerprint density at radius 1 is 0.444 bits per heavy atom. The Hall–Kier alpha value is -2.48. The molecule has 0 amide bonds. The maximum absolute atomic E-state index is 13.6. The van der Waals surface area contributed by atoms with E-state index in [1.54, 1.807) is 0 Å². The lowest BCUT2D eigenvalue weighted by molar-refractivity contribution is -0.113. The minimum atomic E-state index is -2.61. The highest BCUT2D eigenvalue weighted by Gasteiger charge is 2.32. The molecule has 182 valence electrons. The van der Waals surface area contributed by atoms with Crippen LogP contribution in [0.2, 0.25) is 0 Å². The first-order valence-corrected chi connectivity index (χ1v) is 17.6. The summed E-state index contributed by atoms with van der Waals surface area (Å²) in [5.41, 5.74) is 0.181. The van der Waals surface area contributed by atoms with E-state index in [2.05, 4.69) is 0 Å². The molecule has 2 nitrogen and oxygen atoms in total. The maximum Gasteiger partial charge on any atom is 0.172 e. The highest BCUT2D eigenvalue weighted by Crippen LogP contribution is 2.48. The molecule has 0 spiro atoms. The minimum absolute atomic E-state index is 0.0906. The van der Waals surface area contributed by atoms with Crippen LogP contribution in [-0.4, -0.2) is 11.0 Å². The van der Waals surface area contributed by atoms with Crippen molar-refractivity contribution in [1.82, 2.24) is 0 Å². The molecule has 0 atom stereocenters. The zero-order valence-corrected chi connectivity index (χ0v) is 23.3. The predicted octanol–water partition coefficient (Wildman–Crippen LogP) is 5.86. The monoisotopic (exact) mass is 546 g/mol. The van der Waals surface area contributed by atoms with E-state index in [1.165, 1.54) is 0 Å². The van der Waals surface area contributed by atoms with E-state index < -0.39 is 12.1 Å². The summed E-state index contributed by atoms with van der Waals surface area (Å²) in [6, 6.07) is 33.7. The summed E-state index contributed by atoms with van der Waals surface area (Å²) in [7, 11) is 0. The summed E-state index contributed by atoms with van der Waals surface area (Å²) < 4.78 is 0. The van der Waals surface area contributed by atoms with E-state index in [1.807, 2.05) is 121 Å². The van der Waals surface area contributed by atoms with Crippen molar-refractivity contribution in [3.8, 4) is 0 Å². The summed E-state index contributed by atoms with van der Waals surface area (Å²) in [5.74, 6) is 0. The lowest BCUT2D eigenvalue weighted by atomic mass is 10.2. The van der Waals surface area contributed by atoms with Gasteiger partial charge in [0.2, 0.25) is 0 Å². The van der Waals surface area contributed by atoms with Crippen LogP contribution in [0.1, 0.15) is 25.7 Å². The van der Waals surface area contributed by atoms with E-state index in [-0.39, 0.29) is 11.0 Å². The van der Waals surface area contributed by atoms with Gasteiger partial charge in [0.15, 0.2) is 11.0 Å². The van der Waals surface area contributed by atoms with E-state index in [9.17, 15) is 9.59 Å². The predicted molar refractivity (Wildman–Crippen MR) is 161 cm³/mol. The van der Waals surface area contributed by atoms with Gasteiger partial charge in [-0.15, -0.1) is 0 Å².